The van der Waals surface area contributed by atoms with Gasteiger partial charge in [0.05, 0.1) is 7.11 Å². The lowest BCUT2D eigenvalue weighted by Crippen LogP contribution is -2.35. The minimum Gasteiger partial charge on any atom is -0.496 e. The van der Waals surface area contributed by atoms with Gasteiger partial charge in [-0.15, -0.1) is 0 Å². The van der Waals surface area contributed by atoms with Crippen molar-refractivity contribution in [3.8, 4) is 5.75 Å². The fourth-order valence-corrected chi connectivity index (χ4v) is 2.34. The lowest BCUT2D eigenvalue weighted by molar-refractivity contribution is -0.130. The molecule has 1 aromatic carbocycles. The van der Waals surface area contributed by atoms with Crippen molar-refractivity contribution in [1.82, 2.24) is 10.2 Å². The number of hydrogen-bond donors (Lipinski definition) is 1. The Morgan fingerprint density at radius 2 is 2.05 bits per heavy atom. The van der Waals surface area contributed by atoms with Crippen molar-refractivity contribution < 1.29 is 14.3 Å². The van der Waals surface area contributed by atoms with Crippen LogP contribution in [0.15, 0.2) is 24.3 Å². The van der Waals surface area contributed by atoms with E-state index in [9.17, 15) is 9.59 Å². The first kappa shape index (κ1) is 15.4. The molecule has 0 radical (unpaired) electrons. The van der Waals surface area contributed by atoms with E-state index in [1.54, 1.807) is 18.9 Å². The quantitative estimate of drug-likeness (QED) is 0.831. The van der Waals surface area contributed by atoms with Crippen molar-refractivity contribution in [3.05, 3.63) is 29.8 Å². The monoisotopic (exact) mass is 290 g/mol. The Morgan fingerprint density at radius 3 is 2.67 bits per heavy atom. The second-order valence-corrected chi connectivity index (χ2v) is 5.28. The van der Waals surface area contributed by atoms with Gasteiger partial charge in [0.1, 0.15) is 5.75 Å². The van der Waals surface area contributed by atoms with E-state index in [1.165, 1.54) is 0 Å². The van der Waals surface area contributed by atoms with Crippen molar-refractivity contribution in [2.24, 2.45) is 0 Å². The van der Waals surface area contributed by atoms with Crippen molar-refractivity contribution >= 4 is 11.8 Å². The summed E-state index contributed by atoms with van der Waals surface area (Å²) < 4.78 is 5.24. The molecule has 0 bridgehead atoms. The van der Waals surface area contributed by atoms with Gasteiger partial charge in [-0.05, 0) is 18.9 Å². The minimum absolute atomic E-state index is 0.0483. The molecule has 0 atom stereocenters. The van der Waals surface area contributed by atoms with Crippen LogP contribution < -0.4 is 10.1 Å². The van der Waals surface area contributed by atoms with Gasteiger partial charge in [-0.2, -0.15) is 0 Å². The van der Waals surface area contributed by atoms with Crippen LogP contribution in [0.2, 0.25) is 0 Å². The molecule has 1 aromatic rings. The van der Waals surface area contributed by atoms with E-state index in [-0.39, 0.29) is 11.8 Å². The zero-order chi connectivity index (χ0) is 15.2. The molecule has 0 saturated heterocycles. The third-order valence-electron chi connectivity index (χ3n) is 3.64. The van der Waals surface area contributed by atoms with Crippen molar-refractivity contribution in [2.75, 3.05) is 13.7 Å². The predicted octanol–water partition coefficient (Wildman–Crippen LogP) is 1.71. The van der Waals surface area contributed by atoms with Crippen LogP contribution in [-0.2, 0) is 16.1 Å². The molecular formula is C16H22N2O3. The van der Waals surface area contributed by atoms with Gasteiger partial charge in [-0.25, -0.2) is 0 Å². The van der Waals surface area contributed by atoms with E-state index in [1.807, 2.05) is 24.3 Å². The Kier molecular flexibility index (Phi) is 5.20. The highest BCUT2D eigenvalue weighted by Gasteiger charge is 2.30. The molecule has 0 unspecified atom stereocenters. The summed E-state index contributed by atoms with van der Waals surface area (Å²) in [5.41, 5.74) is 0.943. The smallest absolute Gasteiger partial charge is 0.222 e. The van der Waals surface area contributed by atoms with Gasteiger partial charge in [0.2, 0.25) is 11.8 Å². The number of amides is 2. The van der Waals surface area contributed by atoms with Gasteiger partial charge in [-0.3, -0.25) is 9.59 Å². The Labute approximate surface area is 125 Å². The van der Waals surface area contributed by atoms with E-state index in [0.29, 0.717) is 25.6 Å². The van der Waals surface area contributed by atoms with Crippen molar-refractivity contribution in [2.45, 2.75) is 38.8 Å². The SMILES string of the molecule is COc1ccccc1CNC(=O)CCN(C(C)=O)C1CC1. The molecule has 21 heavy (non-hydrogen) atoms. The van der Waals surface area contributed by atoms with Crippen LogP contribution >= 0.6 is 0 Å². The lowest BCUT2D eigenvalue weighted by Gasteiger charge is -2.20. The van der Waals surface area contributed by atoms with Crippen LogP contribution in [0.4, 0.5) is 0 Å². The summed E-state index contributed by atoms with van der Waals surface area (Å²) in [5.74, 6) is 0.768. The number of carbonyl (C=O) groups excluding carboxylic acids is 2. The van der Waals surface area contributed by atoms with E-state index in [0.717, 1.165) is 24.2 Å². The molecular weight excluding hydrogens is 268 g/mol. The number of nitrogens with zero attached hydrogens (tertiary/aromatic N) is 1. The largest absolute Gasteiger partial charge is 0.496 e. The molecule has 1 N–H and O–H groups in total. The van der Waals surface area contributed by atoms with Crippen LogP contribution in [0.3, 0.4) is 0 Å². The second-order valence-electron chi connectivity index (χ2n) is 5.28. The molecule has 0 aliphatic heterocycles. The van der Waals surface area contributed by atoms with Gasteiger partial charge >= 0.3 is 0 Å². The first-order chi connectivity index (χ1) is 10.1. The van der Waals surface area contributed by atoms with Gasteiger partial charge in [0.25, 0.3) is 0 Å². The Bertz CT molecular complexity index is 512. The first-order valence-corrected chi connectivity index (χ1v) is 7.27. The zero-order valence-corrected chi connectivity index (χ0v) is 12.6. The van der Waals surface area contributed by atoms with E-state index in [2.05, 4.69) is 5.32 Å². The number of hydrogen-bond acceptors (Lipinski definition) is 3. The first-order valence-electron chi connectivity index (χ1n) is 7.27. The van der Waals surface area contributed by atoms with Crippen LogP contribution in [0, 0.1) is 0 Å². The highest BCUT2D eigenvalue weighted by Crippen LogP contribution is 2.26. The van der Waals surface area contributed by atoms with E-state index < -0.39 is 0 Å². The molecule has 2 amide bonds. The number of rotatable bonds is 7. The Hall–Kier alpha value is -2.04. The molecule has 114 valence electrons. The van der Waals surface area contributed by atoms with Crippen molar-refractivity contribution in [1.29, 1.82) is 0 Å². The van der Waals surface area contributed by atoms with Gasteiger partial charge in [-0.1, -0.05) is 18.2 Å². The van der Waals surface area contributed by atoms with Gasteiger partial charge < -0.3 is 15.0 Å². The maximum Gasteiger partial charge on any atom is 0.222 e. The second kappa shape index (κ2) is 7.11. The average Bonchev–Trinajstić information content (AvgIpc) is 3.30. The summed E-state index contributed by atoms with van der Waals surface area (Å²) in [4.78, 5) is 25.2. The normalized spacial score (nSPS) is 13.6. The third kappa shape index (κ3) is 4.48. The summed E-state index contributed by atoms with van der Waals surface area (Å²) >= 11 is 0. The fourth-order valence-electron chi connectivity index (χ4n) is 2.34. The minimum atomic E-state index is -0.0483. The maximum atomic E-state index is 11.9. The number of carbonyl (C=O) groups is 2. The topological polar surface area (TPSA) is 58.6 Å². The number of ether oxygens (including phenoxy) is 1. The zero-order valence-electron chi connectivity index (χ0n) is 12.6. The molecule has 1 fully saturated rings. The molecule has 1 aliphatic rings. The Balaban J connectivity index is 1.78. The maximum absolute atomic E-state index is 11.9. The molecule has 2 rings (SSSR count). The lowest BCUT2D eigenvalue weighted by atomic mass is 10.2. The number of nitrogens with one attached hydrogen (secondary N) is 1. The summed E-state index contributed by atoms with van der Waals surface area (Å²) in [5, 5.41) is 2.87. The highest BCUT2D eigenvalue weighted by molar-refractivity contribution is 5.78. The molecule has 0 spiro atoms. The molecule has 5 nitrogen and oxygen atoms in total. The molecule has 5 heteroatoms. The highest BCUT2D eigenvalue weighted by atomic mass is 16.5. The average molecular weight is 290 g/mol. The van der Waals surface area contributed by atoms with E-state index in [4.69, 9.17) is 4.74 Å². The standard InChI is InChI=1S/C16H22N2O3/c1-12(19)18(14-7-8-14)10-9-16(20)17-11-13-5-3-4-6-15(13)21-2/h3-6,14H,7-11H2,1-2H3,(H,17,20). The fraction of sp³-hybridized carbons (Fsp3) is 0.500. The summed E-state index contributed by atoms with van der Waals surface area (Å²) in [6.45, 7) is 2.50. The summed E-state index contributed by atoms with van der Waals surface area (Å²) in [6.07, 6.45) is 2.45. The Morgan fingerprint density at radius 1 is 1.33 bits per heavy atom. The van der Waals surface area contributed by atoms with Crippen LogP contribution in [0.1, 0.15) is 31.7 Å². The summed E-state index contributed by atoms with van der Waals surface area (Å²) in [6, 6.07) is 7.95. The van der Waals surface area contributed by atoms with Gasteiger partial charge in [0, 0.05) is 38.0 Å². The van der Waals surface area contributed by atoms with Crippen LogP contribution in [-0.4, -0.2) is 36.4 Å². The van der Waals surface area contributed by atoms with Crippen molar-refractivity contribution in [3.63, 3.8) is 0 Å². The van der Waals surface area contributed by atoms with Crippen LogP contribution in [0.5, 0.6) is 5.75 Å². The molecule has 1 aliphatic carbocycles. The van der Waals surface area contributed by atoms with Gasteiger partial charge in [0.15, 0.2) is 0 Å². The number of para-hydroxylation sites is 1. The van der Waals surface area contributed by atoms with Crippen LogP contribution in [0.25, 0.3) is 0 Å². The summed E-state index contributed by atoms with van der Waals surface area (Å²) in [7, 11) is 1.61. The van der Waals surface area contributed by atoms with E-state index >= 15 is 0 Å². The number of benzene rings is 1. The predicted molar refractivity (Wildman–Crippen MR) is 79.9 cm³/mol. The number of methoxy groups -OCH3 is 1. The third-order valence-corrected chi connectivity index (χ3v) is 3.64. The molecule has 0 aromatic heterocycles. The molecule has 0 heterocycles. The molecule has 1 saturated carbocycles.